The van der Waals surface area contributed by atoms with Crippen LogP contribution in [0.1, 0.15) is 51.7 Å². The highest BCUT2D eigenvalue weighted by molar-refractivity contribution is 5.74. The summed E-state index contributed by atoms with van der Waals surface area (Å²) in [4.78, 5) is 16.4. The number of aliphatic hydroxyl groups is 1. The van der Waals surface area contributed by atoms with Gasteiger partial charge < -0.3 is 15.7 Å². The Morgan fingerprint density at radius 1 is 1.52 bits per heavy atom. The molecule has 7 nitrogen and oxygen atoms in total. The van der Waals surface area contributed by atoms with Crippen LogP contribution in [-0.2, 0) is 13.0 Å². The van der Waals surface area contributed by atoms with E-state index in [-0.39, 0.29) is 18.6 Å². The maximum atomic E-state index is 12.0. The van der Waals surface area contributed by atoms with Crippen LogP contribution >= 0.6 is 0 Å². The summed E-state index contributed by atoms with van der Waals surface area (Å²) in [5, 5.41) is 20.3. The van der Waals surface area contributed by atoms with Crippen molar-refractivity contribution in [1.82, 2.24) is 25.4 Å². The molecule has 2 atom stereocenters. The standard InChI is InChI=1S/C16H29N5O2/c1-11(2)7-8-16(4,23)10-17-15(22)19-13-5-6-14-18-12(3)20-21(14)9-13/h11,13,23H,5-10H2,1-4H3,(H2,17,19,22). The van der Waals surface area contributed by atoms with Crippen molar-refractivity contribution in [2.75, 3.05) is 6.54 Å². The molecule has 2 amide bonds. The number of hydrogen-bond acceptors (Lipinski definition) is 4. The Bertz CT molecular complexity index is 539. The Hall–Kier alpha value is -1.63. The van der Waals surface area contributed by atoms with E-state index in [1.165, 1.54) is 0 Å². The quantitative estimate of drug-likeness (QED) is 0.737. The molecule has 0 aromatic carbocycles. The normalized spacial score (nSPS) is 20.0. The summed E-state index contributed by atoms with van der Waals surface area (Å²) in [6.45, 7) is 8.79. The molecule has 0 saturated carbocycles. The average molecular weight is 323 g/mol. The summed E-state index contributed by atoms with van der Waals surface area (Å²) in [6.07, 6.45) is 3.29. The van der Waals surface area contributed by atoms with Crippen LogP contribution in [0.3, 0.4) is 0 Å². The molecule has 0 aliphatic carbocycles. The van der Waals surface area contributed by atoms with E-state index in [4.69, 9.17) is 0 Å². The molecule has 0 bridgehead atoms. The molecule has 2 heterocycles. The van der Waals surface area contributed by atoms with Gasteiger partial charge in [0.05, 0.1) is 18.2 Å². The van der Waals surface area contributed by atoms with Crippen LogP contribution in [-0.4, -0.2) is 44.1 Å². The third kappa shape index (κ3) is 5.49. The molecule has 23 heavy (non-hydrogen) atoms. The third-order valence-corrected chi connectivity index (χ3v) is 4.19. The van der Waals surface area contributed by atoms with Gasteiger partial charge in [0, 0.05) is 13.0 Å². The Morgan fingerprint density at radius 3 is 2.96 bits per heavy atom. The predicted octanol–water partition coefficient (Wildman–Crippen LogP) is 1.39. The molecule has 1 aliphatic heterocycles. The van der Waals surface area contributed by atoms with Crippen molar-refractivity contribution in [3.63, 3.8) is 0 Å². The molecule has 1 aromatic heterocycles. The number of rotatable bonds is 6. The molecular formula is C16H29N5O2. The van der Waals surface area contributed by atoms with E-state index in [0.29, 0.717) is 18.9 Å². The average Bonchev–Trinajstić information content (AvgIpc) is 2.83. The van der Waals surface area contributed by atoms with Gasteiger partial charge in [0.1, 0.15) is 11.6 Å². The van der Waals surface area contributed by atoms with Gasteiger partial charge in [0.2, 0.25) is 0 Å². The lowest BCUT2D eigenvalue weighted by Crippen LogP contribution is -2.49. The van der Waals surface area contributed by atoms with Crippen molar-refractivity contribution in [2.24, 2.45) is 5.92 Å². The number of amides is 2. The van der Waals surface area contributed by atoms with E-state index in [2.05, 4.69) is 34.6 Å². The fourth-order valence-electron chi connectivity index (χ4n) is 2.75. The first-order chi connectivity index (χ1) is 10.7. The molecular weight excluding hydrogens is 294 g/mol. The Kier molecular flexibility index (Phi) is 5.62. The maximum absolute atomic E-state index is 12.0. The number of hydrogen-bond donors (Lipinski definition) is 3. The topological polar surface area (TPSA) is 92.1 Å². The molecule has 1 aliphatic rings. The van der Waals surface area contributed by atoms with Crippen LogP contribution in [0.2, 0.25) is 0 Å². The van der Waals surface area contributed by atoms with Gasteiger partial charge in [-0.3, -0.25) is 0 Å². The molecule has 0 saturated heterocycles. The fraction of sp³-hybridized carbons (Fsp3) is 0.812. The molecule has 130 valence electrons. The van der Waals surface area contributed by atoms with Gasteiger partial charge in [-0.1, -0.05) is 13.8 Å². The number of urea groups is 1. The Labute approximate surface area is 137 Å². The summed E-state index contributed by atoms with van der Waals surface area (Å²) in [5.74, 6) is 2.29. The number of aryl methyl sites for hydroxylation is 2. The van der Waals surface area contributed by atoms with Crippen LogP contribution in [0.25, 0.3) is 0 Å². The zero-order chi connectivity index (χ0) is 17.0. The highest BCUT2D eigenvalue weighted by atomic mass is 16.3. The monoisotopic (exact) mass is 323 g/mol. The van der Waals surface area contributed by atoms with Gasteiger partial charge in [-0.2, -0.15) is 5.10 Å². The van der Waals surface area contributed by atoms with E-state index in [0.717, 1.165) is 30.9 Å². The highest BCUT2D eigenvalue weighted by Crippen LogP contribution is 2.16. The first kappa shape index (κ1) is 17.7. The molecule has 1 aromatic rings. The van der Waals surface area contributed by atoms with Crippen molar-refractivity contribution < 1.29 is 9.90 Å². The van der Waals surface area contributed by atoms with Crippen LogP contribution in [0.5, 0.6) is 0 Å². The Balaban J connectivity index is 1.75. The lowest BCUT2D eigenvalue weighted by molar-refractivity contribution is 0.0475. The summed E-state index contributed by atoms with van der Waals surface area (Å²) >= 11 is 0. The molecule has 2 unspecified atom stereocenters. The number of aromatic nitrogens is 3. The van der Waals surface area contributed by atoms with Gasteiger partial charge in [-0.25, -0.2) is 14.5 Å². The molecule has 7 heteroatoms. The molecule has 3 N–H and O–H groups in total. The molecule has 0 radical (unpaired) electrons. The second-order valence-electron chi connectivity index (χ2n) is 7.25. The lowest BCUT2D eigenvalue weighted by Gasteiger charge is -2.27. The summed E-state index contributed by atoms with van der Waals surface area (Å²) in [7, 11) is 0. The smallest absolute Gasteiger partial charge is 0.315 e. The van der Waals surface area contributed by atoms with Crippen molar-refractivity contribution in [3.05, 3.63) is 11.6 Å². The van der Waals surface area contributed by atoms with Crippen molar-refractivity contribution in [2.45, 2.75) is 71.6 Å². The zero-order valence-corrected chi connectivity index (χ0v) is 14.6. The first-order valence-corrected chi connectivity index (χ1v) is 8.42. The third-order valence-electron chi connectivity index (χ3n) is 4.19. The minimum absolute atomic E-state index is 0.0456. The second-order valence-corrected chi connectivity index (χ2v) is 7.25. The minimum Gasteiger partial charge on any atom is -0.388 e. The highest BCUT2D eigenvalue weighted by Gasteiger charge is 2.24. The van der Waals surface area contributed by atoms with E-state index >= 15 is 0 Å². The Morgan fingerprint density at radius 2 is 2.26 bits per heavy atom. The van der Waals surface area contributed by atoms with E-state index < -0.39 is 5.60 Å². The van der Waals surface area contributed by atoms with E-state index in [1.54, 1.807) is 6.92 Å². The molecule has 2 rings (SSSR count). The van der Waals surface area contributed by atoms with Gasteiger partial charge >= 0.3 is 6.03 Å². The maximum Gasteiger partial charge on any atom is 0.315 e. The number of carbonyl (C=O) groups excluding carboxylic acids is 1. The van der Waals surface area contributed by atoms with Gasteiger partial charge in [-0.05, 0) is 39.0 Å². The summed E-state index contributed by atoms with van der Waals surface area (Å²) in [6, 6.07) is -0.190. The number of nitrogens with one attached hydrogen (secondary N) is 2. The second kappa shape index (κ2) is 7.29. The summed E-state index contributed by atoms with van der Waals surface area (Å²) < 4.78 is 1.86. The van der Waals surface area contributed by atoms with E-state index in [9.17, 15) is 9.90 Å². The van der Waals surface area contributed by atoms with Crippen molar-refractivity contribution in [3.8, 4) is 0 Å². The summed E-state index contributed by atoms with van der Waals surface area (Å²) in [5.41, 5.74) is -0.871. The predicted molar refractivity (Wildman–Crippen MR) is 88.1 cm³/mol. The number of carbonyl (C=O) groups is 1. The van der Waals surface area contributed by atoms with Crippen LogP contribution in [0.15, 0.2) is 0 Å². The minimum atomic E-state index is -0.871. The van der Waals surface area contributed by atoms with E-state index in [1.807, 2.05) is 11.6 Å². The zero-order valence-electron chi connectivity index (χ0n) is 14.6. The number of nitrogens with zero attached hydrogens (tertiary/aromatic N) is 3. The van der Waals surface area contributed by atoms with Crippen LogP contribution < -0.4 is 10.6 Å². The number of fused-ring (bicyclic) bond motifs is 1. The first-order valence-electron chi connectivity index (χ1n) is 8.42. The van der Waals surface area contributed by atoms with Crippen molar-refractivity contribution >= 4 is 6.03 Å². The fourth-order valence-corrected chi connectivity index (χ4v) is 2.75. The molecule has 0 fully saturated rings. The lowest BCUT2D eigenvalue weighted by atomic mass is 9.95. The van der Waals surface area contributed by atoms with Crippen LogP contribution in [0.4, 0.5) is 4.79 Å². The van der Waals surface area contributed by atoms with Crippen LogP contribution in [0, 0.1) is 12.8 Å². The van der Waals surface area contributed by atoms with Crippen molar-refractivity contribution in [1.29, 1.82) is 0 Å². The largest absolute Gasteiger partial charge is 0.388 e. The van der Waals surface area contributed by atoms with Gasteiger partial charge in [0.15, 0.2) is 0 Å². The SMILES string of the molecule is Cc1nc2n(n1)CC(NC(=O)NCC(C)(O)CCC(C)C)CC2. The van der Waals surface area contributed by atoms with Gasteiger partial charge in [-0.15, -0.1) is 0 Å². The van der Waals surface area contributed by atoms with Gasteiger partial charge in [0.25, 0.3) is 0 Å². The molecule has 0 spiro atoms.